The number of hydrogen-bond acceptors (Lipinski definition) is 3. The number of aromatic nitrogens is 2. The maximum atomic E-state index is 13.9. The van der Waals surface area contributed by atoms with E-state index in [1.165, 1.54) is 18.2 Å². The van der Waals surface area contributed by atoms with Gasteiger partial charge in [0.05, 0.1) is 23.0 Å². The molecule has 0 saturated carbocycles. The number of nitrogens with one attached hydrogen (secondary N) is 1. The molecule has 1 aromatic heterocycles. The van der Waals surface area contributed by atoms with Crippen molar-refractivity contribution in [2.24, 2.45) is 0 Å². The first kappa shape index (κ1) is 23.7. The molecule has 1 aliphatic heterocycles. The van der Waals surface area contributed by atoms with Gasteiger partial charge >= 0.3 is 6.03 Å². The van der Waals surface area contributed by atoms with Gasteiger partial charge in [0.2, 0.25) is 0 Å². The third-order valence-corrected chi connectivity index (χ3v) is 6.92. The van der Waals surface area contributed by atoms with Crippen LogP contribution in [0.5, 0.6) is 0 Å². The lowest BCUT2D eigenvalue weighted by Gasteiger charge is -2.34. The number of benzene rings is 3. The lowest BCUT2D eigenvalue weighted by atomic mass is 10.0. The van der Waals surface area contributed by atoms with Crippen LogP contribution < -0.4 is 10.9 Å². The topological polar surface area (TPSA) is 67.2 Å². The van der Waals surface area contributed by atoms with Gasteiger partial charge in [-0.15, -0.1) is 0 Å². The van der Waals surface area contributed by atoms with Gasteiger partial charge in [-0.3, -0.25) is 9.36 Å². The molecule has 3 aromatic carbocycles. The minimum atomic E-state index is -0.471. The first-order valence-corrected chi connectivity index (χ1v) is 12.4. The maximum absolute atomic E-state index is 13.9. The standard InChI is InChI=1S/C29H29FN4O2/c1-3-9-21-12-7-8-13-24(21)32-29(36)34(19(2)20-10-5-4-6-11-20)26-16-17-33-27(26)31-25-15-14-22(30)18-23(25)28(33)35/h4-8,10-15,18-19,26H,3,9,16-17H2,1-2H3,(H,32,36). The number of anilines is 1. The van der Waals surface area contributed by atoms with Crippen LogP contribution in [0, 0.1) is 5.82 Å². The van der Waals surface area contributed by atoms with E-state index in [4.69, 9.17) is 4.98 Å². The summed E-state index contributed by atoms with van der Waals surface area (Å²) in [7, 11) is 0. The molecule has 2 unspecified atom stereocenters. The molecule has 7 heteroatoms. The molecule has 4 aromatic rings. The summed E-state index contributed by atoms with van der Waals surface area (Å²) in [5.74, 6) is 0.0554. The fraction of sp³-hybridized carbons (Fsp3) is 0.276. The first-order valence-electron chi connectivity index (χ1n) is 12.4. The SMILES string of the molecule is CCCc1ccccc1NC(=O)N(C(C)c1ccccc1)C1CCn2c1nc1ccc(F)cc1c2=O. The Kier molecular flexibility index (Phi) is 6.55. The first-order chi connectivity index (χ1) is 17.5. The molecule has 2 heterocycles. The third kappa shape index (κ3) is 4.37. The summed E-state index contributed by atoms with van der Waals surface area (Å²) in [6.45, 7) is 4.51. The van der Waals surface area contributed by atoms with Gasteiger partial charge in [-0.2, -0.15) is 0 Å². The van der Waals surface area contributed by atoms with Crippen LogP contribution in [0.4, 0.5) is 14.9 Å². The molecule has 0 spiro atoms. The maximum Gasteiger partial charge on any atom is 0.322 e. The molecule has 36 heavy (non-hydrogen) atoms. The lowest BCUT2D eigenvalue weighted by molar-refractivity contribution is 0.159. The summed E-state index contributed by atoms with van der Waals surface area (Å²) in [6.07, 6.45) is 2.37. The molecule has 0 bridgehead atoms. The van der Waals surface area contributed by atoms with Crippen LogP contribution >= 0.6 is 0 Å². The molecule has 0 radical (unpaired) electrons. The highest BCUT2D eigenvalue weighted by atomic mass is 19.1. The van der Waals surface area contributed by atoms with Crippen LogP contribution in [-0.2, 0) is 13.0 Å². The second-order valence-corrected chi connectivity index (χ2v) is 9.22. The molecule has 2 amide bonds. The normalized spacial score (nSPS) is 15.5. The molecule has 0 aliphatic carbocycles. The predicted octanol–water partition coefficient (Wildman–Crippen LogP) is 6.23. The van der Waals surface area contributed by atoms with Crippen molar-refractivity contribution in [3.8, 4) is 0 Å². The summed E-state index contributed by atoms with van der Waals surface area (Å²) in [4.78, 5) is 33.7. The van der Waals surface area contributed by atoms with Crippen LogP contribution in [0.25, 0.3) is 10.9 Å². The fourth-order valence-corrected chi connectivity index (χ4v) is 5.11. The Morgan fingerprint density at radius 3 is 2.67 bits per heavy atom. The highest BCUT2D eigenvalue weighted by Crippen LogP contribution is 2.37. The summed E-state index contributed by atoms with van der Waals surface area (Å²) in [5.41, 5.74) is 3.00. The van der Waals surface area contributed by atoms with Crippen molar-refractivity contribution in [2.45, 2.75) is 51.7 Å². The molecule has 1 aliphatic rings. The van der Waals surface area contributed by atoms with E-state index in [1.54, 1.807) is 9.47 Å². The zero-order chi connectivity index (χ0) is 25.2. The van der Waals surface area contributed by atoms with E-state index in [0.717, 1.165) is 29.7 Å². The van der Waals surface area contributed by atoms with Gasteiger partial charge in [-0.25, -0.2) is 14.2 Å². The number of carbonyl (C=O) groups is 1. The van der Waals surface area contributed by atoms with Crippen molar-refractivity contribution < 1.29 is 9.18 Å². The Bertz CT molecular complexity index is 1470. The van der Waals surface area contributed by atoms with E-state index >= 15 is 0 Å². The molecule has 0 saturated heterocycles. The van der Waals surface area contributed by atoms with Gasteiger partial charge in [-0.05, 0) is 55.2 Å². The Morgan fingerprint density at radius 1 is 1.14 bits per heavy atom. The van der Waals surface area contributed by atoms with E-state index < -0.39 is 11.9 Å². The third-order valence-electron chi connectivity index (χ3n) is 6.92. The number of aryl methyl sites for hydroxylation is 1. The zero-order valence-electron chi connectivity index (χ0n) is 20.4. The number of carbonyl (C=O) groups excluding carboxylic acids is 1. The molecule has 184 valence electrons. The number of fused-ring (bicyclic) bond motifs is 2. The van der Waals surface area contributed by atoms with E-state index in [2.05, 4.69) is 12.2 Å². The van der Waals surface area contributed by atoms with Gasteiger partial charge < -0.3 is 10.2 Å². The Morgan fingerprint density at radius 2 is 1.89 bits per heavy atom. The van der Waals surface area contributed by atoms with Gasteiger partial charge in [0.1, 0.15) is 11.6 Å². The van der Waals surface area contributed by atoms with Crippen LogP contribution in [0.3, 0.4) is 0 Å². The Hall–Kier alpha value is -4.00. The average molecular weight is 485 g/mol. The van der Waals surface area contributed by atoms with E-state index in [1.807, 2.05) is 61.5 Å². The van der Waals surface area contributed by atoms with Crippen LogP contribution in [0.1, 0.15) is 55.7 Å². The zero-order valence-corrected chi connectivity index (χ0v) is 20.4. The summed E-state index contributed by atoms with van der Waals surface area (Å²) < 4.78 is 15.4. The Balaban J connectivity index is 1.58. The van der Waals surface area contributed by atoms with Gasteiger partial charge in [0, 0.05) is 12.2 Å². The number of nitrogens with zero attached hydrogens (tertiary/aromatic N) is 3. The monoisotopic (exact) mass is 484 g/mol. The van der Waals surface area contributed by atoms with Crippen LogP contribution in [-0.4, -0.2) is 20.5 Å². The highest BCUT2D eigenvalue weighted by molar-refractivity contribution is 5.91. The van der Waals surface area contributed by atoms with E-state index in [-0.39, 0.29) is 23.0 Å². The van der Waals surface area contributed by atoms with Crippen molar-refractivity contribution in [1.82, 2.24) is 14.5 Å². The quantitative estimate of drug-likeness (QED) is 0.353. The van der Waals surface area contributed by atoms with E-state index in [0.29, 0.717) is 24.3 Å². The molecule has 2 atom stereocenters. The van der Waals surface area contributed by atoms with Gasteiger partial charge in [0.15, 0.2) is 0 Å². The van der Waals surface area contributed by atoms with Gasteiger partial charge in [-0.1, -0.05) is 61.9 Å². The number of amides is 2. The fourth-order valence-electron chi connectivity index (χ4n) is 5.11. The van der Waals surface area contributed by atoms with Crippen molar-refractivity contribution >= 4 is 22.6 Å². The molecule has 0 fully saturated rings. The van der Waals surface area contributed by atoms with Crippen molar-refractivity contribution in [3.05, 3.63) is 106 Å². The molecular formula is C29H29FN4O2. The highest BCUT2D eigenvalue weighted by Gasteiger charge is 2.37. The van der Waals surface area contributed by atoms with Crippen molar-refractivity contribution in [3.63, 3.8) is 0 Å². The molecule has 5 rings (SSSR count). The molecule has 6 nitrogen and oxygen atoms in total. The van der Waals surface area contributed by atoms with E-state index in [9.17, 15) is 14.0 Å². The predicted molar refractivity (Wildman–Crippen MR) is 139 cm³/mol. The number of urea groups is 1. The molecular weight excluding hydrogens is 455 g/mol. The smallest absolute Gasteiger partial charge is 0.308 e. The molecule has 1 N–H and O–H groups in total. The second kappa shape index (κ2) is 9.93. The number of rotatable bonds is 6. The van der Waals surface area contributed by atoms with Crippen LogP contribution in [0.2, 0.25) is 0 Å². The van der Waals surface area contributed by atoms with Crippen molar-refractivity contribution in [2.75, 3.05) is 5.32 Å². The van der Waals surface area contributed by atoms with Gasteiger partial charge in [0.25, 0.3) is 5.56 Å². The van der Waals surface area contributed by atoms with Crippen molar-refractivity contribution in [1.29, 1.82) is 0 Å². The summed E-state index contributed by atoms with van der Waals surface area (Å²) in [5, 5.41) is 3.39. The lowest BCUT2D eigenvalue weighted by Crippen LogP contribution is -2.40. The number of para-hydroxylation sites is 1. The average Bonchev–Trinajstić information content (AvgIpc) is 3.30. The number of halogens is 1. The van der Waals surface area contributed by atoms with Crippen LogP contribution in [0.15, 0.2) is 77.6 Å². The largest absolute Gasteiger partial charge is 0.322 e. The summed E-state index contributed by atoms with van der Waals surface area (Å²) in [6, 6.07) is 20.8. The second-order valence-electron chi connectivity index (χ2n) is 9.22. The minimum Gasteiger partial charge on any atom is -0.308 e. The minimum absolute atomic E-state index is 0.248. The summed E-state index contributed by atoms with van der Waals surface area (Å²) >= 11 is 0. The number of hydrogen-bond donors (Lipinski definition) is 1. The Labute approximate surface area is 209 Å².